The lowest BCUT2D eigenvalue weighted by Crippen LogP contribution is -2.34. The van der Waals surface area contributed by atoms with Gasteiger partial charge in [0.15, 0.2) is 0 Å². The molecule has 1 aromatic heterocycles. The van der Waals surface area contributed by atoms with E-state index in [2.05, 4.69) is 5.32 Å². The predicted octanol–water partition coefficient (Wildman–Crippen LogP) is 2.00. The number of aromatic nitrogens is 1. The Bertz CT molecular complexity index is 964. The number of benzene rings is 2. The third kappa shape index (κ3) is 3.33. The second kappa shape index (κ2) is 7.09. The van der Waals surface area contributed by atoms with E-state index in [4.69, 9.17) is 9.57 Å². The Hall–Kier alpha value is -3.28. The SMILES string of the molecule is COc1ccc2c(=O)n(OC)c(C(=O)NCc3ccccc3)cc2c1. The fraction of sp³-hybridized carbons (Fsp3) is 0.158. The molecule has 0 saturated heterocycles. The van der Waals surface area contributed by atoms with E-state index in [-0.39, 0.29) is 5.69 Å². The first-order valence-corrected chi connectivity index (χ1v) is 7.74. The molecule has 2 aromatic carbocycles. The van der Waals surface area contributed by atoms with Gasteiger partial charge >= 0.3 is 0 Å². The standard InChI is InChI=1S/C19H18N2O4/c1-24-15-8-9-16-14(10-15)11-17(21(25-2)19(16)23)18(22)20-12-13-6-4-3-5-7-13/h3-11H,12H2,1-2H3,(H,20,22). The van der Waals surface area contributed by atoms with E-state index in [1.54, 1.807) is 31.4 Å². The van der Waals surface area contributed by atoms with Crippen LogP contribution in [0.1, 0.15) is 16.1 Å². The number of nitrogens with one attached hydrogen (secondary N) is 1. The first-order chi connectivity index (χ1) is 12.1. The van der Waals surface area contributed by atoms with Gasteiger partial charge in [0.05, 0.1) is 12.5 Å². The van der Waals surface area contributed by atoms with E-state index in [1.165, 1.54) is 7.11 Å². The van der Waals surface area contributed by atoms with Crippen LogP contribution >= 0.6 is 0 Å². The Morgan fingerprint density at radius 2 is 1.84 bits per heavy atom. The minimum atomic E-state index is -0.396. The van der Waals surface area contributed by atoms with E-state index < -0.39 is 11.5 Å². The van der Waals surface area contributed by atoms with Crippen molar-refractivity contribution in [2.45, 2.75) is 6.54 Å². The average Bonchev–Trinajstić information content (AvgIpc) is 2.66. The van der Waals surface area contributed by atoms with Crippen LogP contribution in [0.5, 0.6) is 5.75 Å². The van der Waals surface area contributed by atoms with Crippen LogP contribution in [0.4, 0.5) is 0 Å². The number of hydrogen-bond acceptors (Lipinski definition) is 4. The molecule has 0 aliphatic carbocycles. The Kier molecular flexibility index (Phi) is 4.70. The third-order valence-electron chi connectivity index (χ3n) is 3.90. The van der Waals surface area contributed by atoms with E-state index in [0.717, 1.165) is 10.3 Å². The number of amides is 1. The minimum absolute atomic E-state index is 0.129. The van der Waals surface area contributed by atoms with Crippen LogP contribution in [-0.4, -0.2) is 24.9 Å². The summed E-state index contributed by atoms with van der Waals surface area (Å²) in [6.07, 6.45) is 0. The zero-order chi connectivity index (χ0) is 17.8. The number of rotatable bonds is 5. The minimum Gasteiger partial charge on any atom is -0.497 e. The zero-order valence-electron chi connectivity index (χ0n) is 14.0. The van der Waals surface area contributed by atoms with Crippen molar-refractivity contribution in [3.8, 4) is 5.75 Å². The molecule has 0 spiro atoms. The number of hydrogen-bond donors (Lipinski definition) is 1. The highest BCUT2D eigenvalue weighted by Crippen LogP contribution is 2.19. The monoisotopic (exact) mass is 338 g/mol. The Balaban J connectivity index is 1.98. The zero-order valence-corrected chi connectivity index (χ0v) is 14.0. The van der Waals surface area contributed by atoms with Crippen molar-refractivity contribution in [3.05, 3.63) is 76.2 Å². The van der Waals surface area contributed by atoms with E-state index in [0.29, 0.717) is 23.1 Å². The molecular weight excluding hydrogens is 320 g/mol. The normalized spacial score (nSPS) is 10.5. The molecule has 0 aliphatic heterocycles. The molecule has 0 aliphatic rings. The molecule has 0 fully saturated rings. The molecule has 1 N–H and O–H groups in total. The van der Waals surface area contributed by atoms with Crippen molar-refractivity contribution >= 4 is 16.7 Å². The van der Waals surface area contributed by atoms with Gasteiger partial charge in [-0.05, 0) is 35.2 Å². The highest BCUT2D eigenvalue weighted by molar-refractivity contribution is 5.96. The van der Waals surface area contributed by atoms with E-state index >= 15 is 0 Å². The quantitative estimate of drug-likeness (QED) is 0.772. The van der Waals surface area contributed by atoms with Gasteiger partial charge in [-0.2, -0.15) is 0 Å². The molecule has 0 atom stereocenters. The van der Waals surface area contributed by atoms with Gasteiger partial charge < -0.3 is 14.9 Å². The number of ether oxygens (including phenoxy) is 1. The van der Waals surface area contributed by atoms with Gasteiger partial charge in [0, 0.05) is 6.54 Å². The molecule has 0 radical (unpaired) electrons. The first-order valence-electron chi connectivity index (χ1n) is 7.74. The summed E-state index contributed by atoms with van der Waals surface area (Å²) in [5, 5.41) is 3.86. The summed E-state index contributed by atoms with van der Waals surface area (Å²) in [5.41, 5.74) is 0.696. The lowest BCUT2D eigenvalue weighted by atomic mass is 10.1. The maximum atomic E-state index is 12.6. The molecule has 1 heterocycles. The number of carbonyl (C=O) groups excluding carboxylic acids is 1. The summed E-state index contributed by atoms with van der Waals surface area (Å²) in [6, 6.07) is 16.2. The van der Waals surface area contributed by atoms with Crippen LogP contribution in [0.3, 0.4) is 0 Å². The Morgan fingerprint density at radius 3 is 2.52 bits per heavy atom. The Morgan fingerprint density at radius 1 is 1.08 bits per heavy atom. The van der Waals surface area contributed by atoms with Crippen molar-refractivity contribution in [3.63, 3.8) is 0 Å². The summed E-state index contributed by atoms with van der Waals surface area (Å²) >= 11 is 0. The fourth-order valence-electron chi connectivity index (χ4n) is 2.61. The molecule has 25 heavy (non-hydrogen) atoms. The fourth-order valence-corrected chi connectivity index (χ4v) is 2.61. The second-order valence-electron chi connectivity index (χ2n) is 5.43. The smallest absolute Gasteiger partial charge is 0.291 e. The molecular formula is C19H18N2O4. The number of nitrogens with zero attached hydrogens (tertiary/aromatic N) is 1. The van der Waals surface area contributed by atoms with Crippen molar-refractivity contribution in [1.29, 1.82) is 0 Å². The number of carbonyl (C=O) groups is 1. The van der Waals surface area contributed by atoms with Crippen molar-refractivity contribution in [1.82, 2.24) is 10.0 Å². The van der Waals surface area contributed by atoms with Gasteiger partial charge in [-0.1, -0.05) is 30.3 Å². The molecule has 128 valence electrons. The molecule has 6 nitrogen and oxygen atoms in total. The summed E-state index contributed by atoms with van der Waals surface area (Å²) in [7, 11) is 2.90. The maximum Gasteiger partial charge on any atom is 0.291 e. The van der Waals surface area contributed by atoms with Crippen molar-refractivity contribution < 1.29 is 14.4 Å². The lowest BCUT2D eigenvalue weighted by Gasteiger charge is -2.13. The average molecular weight is 338 g/mol. The van der Waals surface area contributed by atoms with Crippen LogP contribution in [0.15, 0.2) is 59.4 Å². The van der Waals surface area contributed by atoms with Crippen LogP contribution in [0.25, 0.3) is 10.8 Å². The summed E-state index contributed by atoms with van der Waals surface area (Å²) in [6.45, 7) is 0.355. The molecule has 6 heteroatoms. The maximum absolute atomic E-state index is 12.6. The number of fused-ring (bicyclic) bond motifs is 1. The summed E-state index contributed by atoms with van der Waals surface area (Å²) in [5.74, 6) is 0.213. The van der Waals surface area contributed by atoms with Crippen LogP contribution in [-0.2, 0) is 6.54 Å². The lowest BCUT2D eigenvalue weighted by molar-refractivity contribution is 0.0882. The molecule has 3 aromatic rings. The molecule has 3 rings (SSSR count). The molecule has 1 amide bonds. The predicted molar refractivity (Wildman–Crippen MR) is 94.9 cm³/mol. The van der Waals surface area contributed by atoms with Crippen molar-refractivity contribution in [2.24, 2.45) is 0 Å². The topological polar surface area (TPSA) is 69.6 Å². The summed E-state index contributed by atoms with van der Waals surface area (Å²) in [4.78, 5) is 30.3. The number of pyridine rings is 1. The first kappa shape index (κ1) is 16.6. The van der Waals surface area contributed by atoms with Gasteiger partial charge in [0.25, 0.3) is 11.5 Å². The van der Waals surface area contributed by atoms with E-state index in [1.807, 2.05) is 30.3 Å². The van der Waals surface area contributed by atoms with Crippen LogP contribution in [0.2, 0.25) is 0 Å². The van der Waals surface area contributed by atoms with Gasteiger partial charge in [-0.3, -0.25) is 9.59 Å². The number of methoxy groups -OCH3 is 1. The largest absolute Gasteiger partial charge is 0.497 e. The van der Waals surface area contributed by atoms with Gasteiger partial charge in [-0.25, -0.2) is 0 Å². The highest BCUT2D eigenvalue weighted by atomic mass is 16.7. The molecule has 0 unspecified atom stereocenters. The van der Waals surface area contributed by atoms with Gasteiger partial charge in [-0.15, -0.1) is 4.73 Å². The Labute approximate surface area is 144 Å². The van der Waals surface area contributed by atoms with Gasteiger partial charge in [0.1, 0.15) is 18.6 Å². The highest BCUT2D eigenvalue weighted by Gasteiger charge is 2.16. The van der Waals surface area contributed by atoms with Gasteiger partial charge in [0.2, 0.25) is 0 Å². The van der Waals surface area contributed by atoms with Crippen molar-refractivity contribution in [2.75, 3.05) is 14.2 Å². The second-order valence-corrected chi connectivity index (χ2v) is 5.43. The summed E-state index contributed by atoms with van der Waals surface area (Å²) < 4.78 is 6.18. The van der Waals surface area contributed by atoms with E-state index in [9.17, 15) is 9.59 Å². The molecule has 0 saturated carbocycles. The molecule has 0 bridgehead atoms. The van der Waals surface area contributed by atoms with Crippen LogP contribution in [0, 0.1) is 0 Å². The van der Waals surface area contributed by atoms with Crippen LogP contribution < -0.4 is 20.5 Å². The third-order valence-corrected chi connectivity index (χ3v) is 3.90.